The summed E-state index contributed by atoms with van der Waals surface area (Å²) in [4.78, 5) is 22.1. The Morgan fingerprint density at radius 1 is 1.35 bits per heavy atom. The number of aromatic nitrogens is 3. The van der Waals surface area contributed by atoms with Gasteiger partial charge in [-0.1, -0.05) is 17.7 Å². The van der Waals surface area contributed by atoms with Crippen molar-refractivity contribution >= 4 is 61.5 Å². The minimum Gasteiger partial charge on any atom is -0.490 e. The molecule has 1 amide bonds. The molecule has 0 aromatic carbocycles. The molecule has 1 saturated heterocycles. The van der Waals surface area contributed by atoms with E-state index in [1.165, 1.54) is 28.2 Å². The normalized spacial score (nSPS) is 18.5. The topological polar surface area (TPSA) is 138 Å². The highest BCUT2D eigenvalue weighted by atomic mass is 35.5. The van der Waals surface area contributed by atoms with E-state index in [4.69, 9.17) is 22.1 Å². The molecule has 1 atom stereocenters. The lowest BCUT2D eigenvalue weighted by Gasteiger charge is -2.34. The van der Waals surface area contributed by atoms with Crippen LogP contribution in [0.4, 0.5) is 11.5 Å². The van der Waals surface area contributed by atoms with Gasteiger partial charge in [0.2, 0.25) is 10.0 Å². The highest BCUT2D eigenvalue weighted by Gasteiger charge is 2.30. The van der Waals surface area contributed by atoms with Crippen LogP contribution in [0.2, 0.25) is 4.34 Å². The number of anilines is 2. The van der Waals surface area contributed by atoms with Crippen LogP contribution < -0.4 is 20.7 Å². The summed E-state index contributed by atoms with van der Waals surface area (Å²) in [5.41, 5.74) is 9.44. The van der Waals surface area contributed by atoms with Crippen molar-refractivity contribution in [2.24, 2.45) is 0 Å². The fraction of sp³-hybridized carbons (Fsp3) is 0.480. The molecular weight excluding hydrogens is 576 g/mol. The molecule has 0 bridgehead atoms. The van der Waals surface area contributed by atoms with E-state index < -0.39 is 10.0 Å². The predicted octanol–water partition coefficient (Wildman–Crippen LogP) is 2.02. The second-order valence-corrected chi connectivity index (χ2v) is 13.9. The van der Waals surface area contributed by atoms with Gasteiger partial charge in [0.15, 0.2) is 5.82 Å². The molecule has 3 aromatic rings. The number of nitrogens with two attached hydrogens (primary N) is 1. The lowest BCUT2D eigenvalue weighted by molar-refractivity contribution is 0.0933. The highest BCUT2D eigenvalue weighted by Crippen LogP contribution is 2.36. The van der Waals surface area contributed by atoms with E-state index in [9.17, 15) is 13.2 Å². The minimum atomic E-state index is -3.33. The number of nitrogens with one attached hydrogen (secondary N) is 1. The first kappa shape index (κ1) is 28.6. The van der Waals surface area contributed by atoms with Crippen LogP contribution in [-0.2, 0) is 10.0 Å². The Balaban J connectivity index is 1.35. The summed E-state index contributed by atoms with van der Waals surface area (Å²) >= 11 is 7.43. The molecule has 3 N–H and O–H groups in total. The second kappa shape index (κ2) is 11.5. The zero-order valence-electron chi connectivity index (χ0n) is 22.6. The van der Waals surface area contributed by atoms with Crippen LogP contribution in [0, 0.1) is 0 Å². The quantitative estimate of drug-likeness (QED) is 0.373. The molecular formula is C25H33ClN8O4S2. The lowest BCUT2D eigenvalue weighted by Crippen LogP contribution is -2.47. The molecule has 5 rings (SSSR count). The minimum absolute atomic E-state index is 0.118. The van der Waals surface area contributed by atoms with Gasteiger partial charge in [0.05, 0.1) is 22.0 Å². The zero-order valence-corrected chi connectivity index (χ0v) is 25.0. The van der Waals surface area contributed by atoms with Gasteiger partial charge in [-0.3, -0.25) is 4.79 Å². The van der Waals surface area contributed by atoms with Crippen molar-refractivity contribution in [2.45, 2.75) is 18.9 Å². The van der Waals surface area contributed by atoms with Gasteiger partial charge in [-0.2, -0.15) is 9.40 Å². The van der Waals surface area contributed by atoms with Gasteiger partial charge in [0.1, 0.15) is 29.1 Å². The molecule has 0 aliphatic carbocycles. The van der Waals surface area contributed by atoms with Gasteiger partial charge < -0.3 is 25.6 Å². The summed E-state index contributed by atoms with van der Waals surface area (Å²) in [5.74, 6) is 0.600. The SMILES string of the molecule is CN(C)CCOc1cc(Cl)sc1C(=O)N[C@@H]1CCCN(c2cc(C3=CCN(S(C)(=O)=O)C3)n3ncnc(N)c23)C1. The molecule has 5 heterocycles. The number of fused-ring (bicyclic) bond motifs is 1. The van der Waals surface area contributed by atoms with Crippen LogP contribution in [0.25, 0.3) is 11.1 Å². The fourth-order valence-electron chi connectivity index (χ4n) is 5.00. The van der Waals surface area contributed by atoms with Crippen molar-refractivity contribution in [1.82, 2.24) is 29.1 Å². The molecule has 0 spiro atoms. The standard InChI is InChI=1S/C25H33ClN8O4S2/c1-31(2)9-10-38-20-12-21(26)39-23(20)25(35)30-17-5-4-7-32(14-17)19-11-18(34-22(19)24(27)28-15-29-34)16-6-8-33(13-16)40(3,36)37/h6,11-12,15,17H,4-5,7-10,13-14H2,1-3H3,(H,30,35)(H2,27,28,29)/t17-/m1/s1. The maximum absolute atomic E-state index is 13.3. The number of amides is 1. The number of likely N-dealkylation sites (N-methyl/N-ethyl adjacent to an activating group) is 1. The Kier molecular flexibility index (Phi) is 8.25. The third-order valence-corrected chi connectivity index (χ3v) is 9.48. The summed E-state index contributed by atoms with van der Waals surface area (Å²) in [6, 6.07) is 3.55. The first-order chi connectivity index (χ1) is 19.0. The maximum Gasteiger partial charge on any atom is 0.265 e. The van der Waals surface area contributed by atoms with Crippen molar-refractivity contribution in [2.75, 3.05) is 70.3 Å². The number of hydrogen-bond acceptors (Lipinski definition) is 10. The van der Waals surface area contributed by atoms with E-state index >= 15 is 0 Å². The van der Waals surface area contributed by atoms with E-state index in [1.807, 2.05) is 31.1 Å². The molecule has 40 heavy (non-hydrogen) atoms. The number of thiophene rings is 1. The van der Waals surface area contributed by atoms with Crippen LogP contribution in [0.5, 0.6) is 5.75 Å². The largest absolute Gasteiger partial charge is 0.490 e. The third-order valence-electron chi connectivity index (χ3n) is 7.02. The summed E-state index contributed by atoms with van der Waals surface area (Å²) in [6.07, 6.45) is 6.17. The van der Waals surface area contributed by atoms with Gasteiger partial charge in [-0.15, -0.1) is 11.3 Å². The van der Waals surface area contributed by atoms with Crippen molar-refractivity contribution in [3.8, 4) is 5.75 Å². The number of nitrogen functional groups attached to an aromatic ring is 1. The number of piperidine rings is 1. The second-order valence-electron chi connectivity index (χ2n) is 10.3. The van der Waals surface area contributed by atoms with Gasteiger partial charge in [-0.05, 0) is 38.6 Å². The molecule has 12 nitrogen and oxygen atoms in total. The number of rotatable bonds is 9. The van der Waals surface area contributed by atoms with E-state index in [0.717, 1.165) is 42.9 Å². The van der Waals surface area contributed by atoms with Gasteiger partial charge >= 0.3 is 0 Å². The molecule has 216 valence electrons. The Hall–Kier alpha value is -2.91. The molecule has 1 fully saturated rings. The molecule has 3 aromatic heterocycles. The summed E-state index contributed by atoms with van der Waals surface area (Å²) in [6.45, 7) is 3.05. The smallest absolute Gasteiger partial charge is 0.265 e. The number of sulfonamides is 1. The Bertz CT molecular complexity index is 1550. The maximum atomic E-state index is 13.3. The Morgan fingerprint density at radius 3 is 2.88 bits per heavy atom. The first-order valence-electron chi connectivity index (χ1n) is 12.9. The summed E-state index contributed by atoms with van der Waals surface area (Å²) in [7, 11) is 0.588. The molecule has 15 heteroatoms. The Labute approximate surface area is 242 Å². The summed E-state index contributed by atoms with van der Waals surface area (Å²) < 4.78 is 33.7. The number of halogens is 1. The van der Waals surface area contributed by atoms with Gasteiger partial charge in [0.25, 0.3) is 5.91 Å². The average Bonchev–Trinajstić information content (AvgIpc) is 3.61. The van der Waals surface area contributed by atoms with E-state index in [-0.39, 0.29) is 18.5 Å². The van der Waals surface area contributed by atoms with Gasteiger partial charge in [-0.25, -0.2) is 17.9 Å². The van der Waals surface area contributed by atoms with Crippen LogP contribution in [0.15, 0.2) is 24.5 Å². The van der Waals surface area contributed by atoms with Crippen molar-refractivity contribution in [3.63, 3.8) is 0 Å². The fourth-order valence-corrected chi connectivity index (χ4v) is 6.78. The van der Waals surface area contributed by atoms with Crippen molar-refractivity contribution < 1.29 is 17.9 Å². The Morgan fingerprint density at radius 2 is 2.15 bits per heavy atom. The predicted molar refractivity (Wildman–Crippen MR) is 158 cm³/mol. The molecule has 0 radical (unpaired) electrons. The average molecular weight is 609 g/mol. The molecule has 2 aliphatic heterocycles. The van der Waals surface area contributed by atoms with Crippen LogP contribution in [-0.4, -0.2) is 104 Å². The summed E-state index contributed by atoms with van der Waals surface area (Å²) in [5, 5.41) is 7.60. The van der Waals surface area contributed by atoms with Crippen LogP contribution in [0.3, 0.4) is 0 Å². The molecule has 0 unspecified atom stereocenters. The lowest BCUT2D eigenvalue weighted by atomic mass is 10.0. The van der Waals surface area contributed by atoms with E-state index in [1.54, 1.807) is 10.6 Å². The van der Waals surface area contributed by atoms with Crippen molar-refractivity contribution in [1.29, 1.82) is 0 Å². The monoisotopic (exact) mass is 608 g/mol. The van der Waals surface area contributed by atoms with Crippen molar-refractivity contribution in [3.05, 3.63) is 39.4 Å². The molecule has 2 aliphatic rings. The van der Waals surface area contributed by atoms with Crippen LogP contribution >= 0.6 is 22.9 Å². The first-order valence-corrected chi connectivity index (χ1v) is 15.9. The number of carbonyl (C=O) groups excluding carboxylic acids is 1. The van der Waals surface area contributed by atoms with E-state index in [2.05, 4.69) is 20.3 Å². The number of hydrogen-bond donors (Lipinski definition) is 2. The van der Waals surface area contributed by atoms with Crippen LogP contribution in [0.1, 0.15) is 28.2 Å². The number of ether oxygens (including phenoxy) is 1. The van der Waals surface area contributed by atoms with Gasteiger partial charge in [0, 0.05) is 44.8 Å². The highest BCUT2D eigenvalue weighted by molar-refractivity contribution is 7.88. The number of carbonyl (C=O) groups is 1. The van der Waals surface area contributed by atoms with E-state index in [0.29, 0.717) is 46.0 Å². The number of nitrogens with zero attached hydrogens (tertiary/aromatic N) is 6. The molecule has 0 saturated carbocycles. The third kappa shape index (κ3) is 6.05. The zero-order chi connectivity index (χ0) is 28.6.